The fraction of sp³-hybridized carbons (Fsp3) is 0.565. The molecule has 154 valence electrons. The molecule has 0 spiro atoms. The zero-order valence-electron chi connectivity index (χ0n) is 17.1. The SMILES string of the molecule is CC(C)=C(C1=C(S)CCCC1)C(O)CCN1CCN(c2ccc(Cl)cc2)CC1. The van der Waals surface area contributed by atoms with Gasteiger partial charge in [0.05, 0.1) is 6.10 Å². The Morgan fingerprint density at radius 1 is 1.07 bits per heavy atom. The average molecular weight is 421 g/mol. The summed E-state index contributed by atoms with van der Waals surface area (Å²) >= 11 is 10.7. The topological polar surface area (TPSA) is 26.7 Å². The summed E-state index contributed by atoms with van der Waals surface area (Å²) in [5.74, 6) is 0. The molecule has 3 nitrogen and oxygen atoms in total. The molecule has 1 atom stereocenters. The lowest BCUT2D eigenvalue weighted by Crippen LogP contribution is -2.47. The van der Waals surface area contributed by atoms with Gasteiger partial charge in [0.15, 0.2) is 0 Å². The number of piperazine rings is 1. The Labute approximate surface area is 180 Å². The van der Waals surface area contributed by atoms with Crippen LogP contribution in [0.5, 0.6) is 0 Å². The minimum Gasteiger partial charge on any atom is -0.388 e. The van der Waals surface area contributed by atoms with E-state index in [4.69, 9.17) is 24.2 Å². The lowest BCUT2D eigenvalue weighted by atomic mass is 9.87. The first kappa shape index (κ1) is 21.8. The van der Waals surface area contributed by atoms with Crippen molar-refractivity contribution in [3.05, 3.63) is 50.9 Å². The maximum atomic E-state index is 11.0. The number of anilines is 1. The van der Waals surface area contributed by atoms with Crippen molar-refractivity contribution in [3.8, 4) is 0 Å². The van der Waals surface area contributed by atoms with Crippen LogP contribution in [0.25, 0.3) is 0 Å². The van der Waals surface area contributed by atoms with Crippen molar-refractivity contribution in [1.29, 1.82) is 0 Å². The van der Waals surface area contributed by atoms with Gasteiger partial charge in [0.1, 0.15) is 0 Å². The summed E-state index contributed by atoms with van der Waals surface area (Å²) in [6, 6.07) is 8.10. The Kier molecular flexibility index (Phi) is 7.93. The van der Waals surface area contributed by atoms with Crippen LogP contribution in [0.15, 0.2) is 45.9 Å². The van der Waals surface area contributed by atoms with Gasteiger partial charge in [-0.1, -0.05) is 17.2 Å². The molecule has 1 aliphatic carbocycles. The van der Waals surface area contributed by atoms with Crippen LogP contribution in [0.4, 0.5) is 5.69 Å². The summed E-state index contributed by atoms with van der Waals surface area (Å²) in [5.41, 5.74) is 4.91. The molecule has 3 rings (SSSR count). The van der Waals surface area contributed by atoms with Gasteiger partial charge in [-0.25, -0.2) is 0 Å². The molecule has 1 aromatic rings. The summed E-state index contributed by atoms with van der Waals surface area (Å²) in [6.07, 6.45) is 4.91. The molecule has 0 radical (unpaired) electrons. The van der Waals surface area contributed by atoms with Crippen LogP contribution >= 0.6 is 24.2 Å². The van der Waals surface area contributed by atoms with Gasteiger partial charge in [0, 0.05) is 43.4 Å². The largest absolute Gasteiger partial charge is 0.388 e. The van der Waals surface area contributed by atoms with Crippen molar-refractivity contribution in [2.45, 2.75) is 52.1 Å². The van der Waals surface area contributed by atoms with E-state index in [2.05, 4.69) is 35.8 Å². The lowest BCUT2D eigenvalue weighted by molar-refractivity contribution is 0.165. The van der Waals surface area contributed by atoms with Gasteiger partial charge in [-0.05, 0) is 86.3 Å². The highest BCUT2D eigenvalue weighted by molar-refractivity contribution is 7.84. The Bertz CT molecular complexity index is 717. The molecule has 28 heavy (non-hydrogen) atoms. The standard InChI is InChI=1S/C23H33ClN2OS/c1-17(2)23(20-5-3-4-6-22(20)28)21(27)11-12-25-13-15-26(16-14-25)19-9-7-18(24)8-10-19/h7-10,21,27-28H,3-6,11-16H2,1-2H3. The number of hydrogen-bond donors (Lipinski definition) is 2. The second-order valence-corrected chi connectivity index (χ2v) is 9.13. The highest BCUT2D eigenvalue weighted by atomic mass is 35.5. The predicted octanol–water partition coefficient (Wildman–Crippen LogP) is 5.31. The molecule has 5 heteroatoms. The van der Waals surface area contributed by atoms with Gasteiger partial charge >= 0.3 is 0 Å². The third-order valence-electron chi connectivity index (χ3n) is 5.92. The molecule has 1 fully saturated rings. The number of thiol groups is 1. The minimum absolute atomic E-state index is 0.394. The number of hydrogen-bond acceptors (Lipinski definition) is 4. The lowest BCUT2D eigenvalue weighted by Gasteiger charge is -2.36. The van der Waals surface area contributed by atoms with Crippen molar-refractivity contribution < 1.29 is 5.11 Å². The highest BCUT2D eigenvalue weighted by Gasteiger charge is 2.23. The molecule has 0 bridgehead atoms. The van der Waals surface area contributed by atoms with Crippen LogP contribution in [0.1, 0.15) is 46.0 Å². The molecule has 1 saturated heterocycles. The monoisotopic (exact) mass is 420 g/mol. The van der Waals surface area contributed by atoms with Crippen molar-refractivity contribution in [2.75, 3.05) is 37.6 Å². The Morgan fingerprint density at radius 3 is 2.32 bits per heavy atom. The van der Waals surface area contributed by atoms with Crippen molar-refractivity contribution in [3.63, 3.8) is 0 Å². The fourth-order valence-electron chi connectivity index (χ4n) is 4.35. The van der Waals surface area contributed by atoms with Gasteiger partial charge in [-0.3, -0.25) is 4.90 Å². The van der Waals surface area contributed by atoms with Gasteiger partial charge in [-0.2, -0.15) is 0 Å². The van der Waals surface area contributed by atoms with Crippen molar-refractivity contribution >= 4 is 29.9 Å². The van der Waals surface area contributed by atoms with E-state index in [0.717, 1.165) is 62.6 Å². The van der Waals surface area contributed by atoms with E-state index in [9.17, 15) is 5.11 Å². The Morgan fingerprint density at radius 2 is 1.71 bits per heavy atom. The quantitative estimate of drug-likeness (QED) is 0.610. The van der Waals surface area contributed by atoms with Gasteiger partial charge in [-0.15, -0.1) is 12.6 Å². The molecule has 0 saturated carbocycles. The Hall–Kier alpha value is -0.940. The summed E-state index contributed by atoms with van der Waals surface area (Å²) in [6.45, 7) is 9.25. The maximum Gasteiger partial charge on any atom is 0.0804 e. The summed E-state index contributed by atoms with van der Waals surface area (Å²) in [4.78, 5) is 6.05. The van der Waals surface area contributed by atoms with Crippen molar-refractivity contribution in [2.24, 2.45) is 0 Å². The smallest absolute Gasteiger partial charge is 0.0804 e. The highest BCUT2D eigenvalue weighted by Crippen LogP contribution is 2.35. The Balaban J connectivity index is 1.53. The van der Waals surface area contributed by atoms with Crippen LogP contribution in [0.2, 0.25) is 5.02 Å². The number of aliphatic hydroxyl groups excluding tert-OH is 1. The molecule has 1 unspecified atom stereocenters. The molecule has 1 heterocycles. The van der Waals surface area contributed by atoms with E-state index in [1.54, 1.807) is 0 Å². The first-order valence-corrected chi connectivity index (χ1v) is 11.3. The molecule has 1 aromatic carbocycles. The molecule has 2 aliphatic rings. The van der Waals surface area contributed by atoms with E-state index >= 15 is 0 Å². The fourth-order valence-corrected chi connectivity index (χ4v) is 4.86. The van der Waals surface area contributed by atoms with E-state index < -0.39 is 6.10 Å². The van der Waals surface area contributed by atoms with Crippen molar-refractivity contribution in [1.82, 2.24) is 4.90 Å². The van der Waals surface area contributed by atoms with Crippen LogP contribution in [0, 0.1) is 0 Å². The van der Waals surface area contributed by atoms with Crippen LogP contribution < -0.4 is 4.90 Å². The summed E-state index contributed by atoms with van der Waals surface area (Å²) in [7, 11) is 0. The number of allylic oxidation sites excluding steroid dienone is 2. The van der Waals surface area contributed by atoms with Crippen LogP contribution in [-0.2, 0) is 0 Å². The summed E-state index contributed by atoms with van der Waals surface area (Å²) in [5, 5.41) is 11.7. The van der Waals surface area contributed by atoms with E-state index in [-0.39, 0.29) is 0 Å². The van der Waals surface area contributed by atoms with Gasteiger partial charge in [0.2, 0.25) is 0 Å². The summed E-state index contributed by atoms with van der Waals surface area (Å²) < 4.78 is 0. The average Bonchev–Trinajstić information content (AvgIpc) is 2.69. The third kappa shape index (κ3) is 5.56. The first-order chi connectivity index (χ1) is 13.5. The second kappa shape index (κ2) is 10.2. The van der Waals surface area contributed by atoms with Gasteiger partial charge in [0.25, 0.3) is 0 Å². The number of nitrogens with zero attached hydrogens (tertiary/aromatic N) is 2. The van der Waals surface area contributed by atoms with Crippen LogP contribution in [-0.4, -0.2) is 48.8 Å². The maximum absolute atomic E-state index is 11.0. The molecular weight excluding hydrogens is 388 g/mol. The van der Waals surface area contributed by atoms with Crippen LogP contribution in [0.3, 0.4) is 0 Å². The number of benzene rings is 1. The second-order valence-electron chi connectivity index (χ2n) is 8.16. The predicted molar refractivity (Wildman–Crippen MR) is 124 cm³/mol. The van der Waals surface area contributed by atoms with E-state index in [0.29, 0.717) is 0 Å². The zero-order chi connectivity index (χ0) is 20.1. The first-order valence-electron chi connectivity index (χ1n) is 10.5. The zero-order valence-corrected chi connectivity index (χ0v) is 18.8. The molecule has 0 amide bonds. The third-order valence-corrected chi connectivity index (χ3v) is 6.66. The molecule has 0 aromatic heterocycles. The normalized spacial score (nSPS) is 19.7. The van der Waals surface area contributed by atoms with E-state index in [1.165, 1.54) is 34.6 Å². The number of rotatable bonds is 6. The van der Waals surface area contributed by atoms with E-state index in [1.807, 2.05) is 12.1 Å². The number of halogens is 1. The molecule has 1 N–H and O–H groups in total. The number of aliphatic hydroxyl groups is 1. The van der Waals surface area contributed by atoms with Gasteiger partial charge < -0.3 is 10.0 Å². The minimum atomic E-state index is -0.394. The molecular formula is C23H33ClN2OS. The molecule has 1 aliphatic heterocycles.